The Balaban J connectivity index is 2.36. The predicted molar refractivity (Wildman–Crippen MR) is 154 cm³/mol. The zero-order valence-electron chi connectivity index (χ0n) is 23.7. The summed E-state index contributed by atoms with van der Waals surface area (Å²) in [5.41, 5.74) is 1.10. The number of azo groups is 1. The number of rotatable bonds is 17. The lowest BCUT2D eigenvalue weighted by molar-refractivity contribution is 0.0718. The number of amides is 1. The second-order valence-corrected chi connectivity index (χ2v) is 9.77. The fourth-order valence-electron chi connectivity index (χ4n) is 4.22. The summed E-state index contributed by atoms with van der Waals surface area (Å²) in [4.78, 5) is 29.8. The van der Waals surface area contributed by atoms with Gasteiger partial charge in [-0.05, 0) is 63.4 Å². The Morgan fingerprint density at radius 3 is 2.08 bits per heavy atom. The minimum absolute atomic E-state index is 0.103. The number of nitrogens with one attached hydrogen (secondary N) is 3. The molecular weight excluding hydrogens is 480 g/mol. The van der Waals surface area contributed by atoms with Gasteiger partial charge in [0.2, 0.25) is 5.88 Å². The zero-order valence-corrected chi connectivity index (χ0v) is 23.7. The third-order valence-electron chi connectivity index (χ3n) is 6.66. The molecule has 0 fully saturated rings. The molecule has 0 aliphatic rings. The molecule has 2 rings (SSSR count). The van der Waals surface area contributed by atoms with Crippen LogP contribution in [-0.4, -0.2) is 59.2 Å². The van der Waals surface area contributed by atoms with Crippen molar-refractivity contribution < 1.29 is 9.90 Å². The molecule has 1 heterocycles. The molecule has 2 atom stereocenters. The summed E-state index contributed by atoms with van der Waals surface area (Å²) in [7, 11) is 0. The number of hydrogen-bond acceptors (Lipinski definition) is 7. The highest BCUT2D eigenvalue weighted by atomic mass is 16.3. The molecule has 0 aliphatic carbocycles. The van der Waals surface area contributed by atoms with E-state index < -0.39 is 5.56 Å². The molecule has 1 aromatic heterocycles. The van der Waals surface area contributed by atoms with Gasteiger partial charge in [0.15, 0.2) is 0 Å². The van der Waals surface area contributed by atoms with Gasteiger partial charge in [0, 0.05) is 31.2 Å². The lowest BCUT2D eigenvalue weighted by Gasteiger charge is -2.32. The van der Waals surface area contributed by atoms with Crippen LogP contribution in [0.3, 0.4) is 0 Å². The van der Waals surface area contributed by atoms with Crippen LogP contribution in [0.4, 0.5) is 11.4 Å². The summed E-state index contributed by atoms with van der Waals surface area (Å²) >= 11 is 0. The second-order valence-electron chi connectivity index (χ2n) is 9.77. The average Bonchev–Trinajstić information content (AvgIpc) is 2.90. The molecule has 0 bridgehead atoms. The normalized spacial score (nSPS) is 13.1. The van der Waals surface area contributed by atoms with E-state index >= 15 is 0 Å². The van der Waals surface area contributed by atoms with Crippen molar-refractivity contribution >= 4 is 17.3 Å². The quantitative estimate of drug-likeness (QED) is 0.158. The van der Waals surface area contributed by atoms with Crippen LogP contribution in [0, 0.1) is 6.92 Å². The van der Waals surface area contributed by atoms with Crippen molar-refractivity contribution in [2.24, 2.45) is 10.2 Å². The predicted octanol–water partition coefficient (Wildman–Crippen LogP) is 5.58. The highest BCUT2D eigenvalue weighted by molar-refractivity contribution is 5.99. The van der Waals surface area contributed by atoms with Gasteiger partial charge in [-0.25, -0.2) is 0 Å². The maximum Gasteiger partial charge on any atom is 0.256 e. The number of aromatic hydroxyl groups is 1. The molecule has 2 unspecified atom stereocenters. The minimum atomic E-state index is -0.416. The standard InChI is InChI=1S/C29H46N6O3/c1-6-10-16-30-22(8-3)19-35(20-23(9-4)31-17-11-7-2)29(38)24-14-12-13-15-25(24)33-34-27-21(5)18-26(36)32-28(27)37/h12-15,18,22-23,30-31H,6-11,16-17,19-20H2,1-5H3,(H2,32,36,37)/b34-33+. The van der Waals surface area contributed by atoms with Crippen LogP contribution in [0.2, 0.25) is 0 Å². The molecule has 0 radical (unpaired) electrons. The molecular formula is C29H46N6O3. The van der Waals surface area contributed by atoms with E-state index in [-0.39, 0.29) is 29.6 Å². The van der Waals surface area contributed by atoms with Gasteiger partial charge in [-0.15, -0.1) is 10.2 Å². The van der Waals surface area contributed by atoms with Crippen molar-refractivity contribution in [3.8, 4) is 5.88 Å². The SMILES string of the molecule is CCCCNC(CC)CN(CC(CC)NCCCC)C(=O)c1ccccc1/N=N/c1c(C)cc(=O)[nH]c1O. The number of aryl methyl sites for hydroxylation is 1. The summed E-state index contributed by atoms with van der Waals surface area (Å²) in [5, 5.41) is 25.9. The lowest BCUT2D eigenvalue weighted by Crippen LogP contribution is -2.49. The topological polar surface area (TPSA) is 122 Å². The van der Waals surface area contributed by atoms with E-state index in [2.05, 4.69) is 53.5 Å². The number of pyridine rings is 1. The van der Waals surface area contributed by atoms with E-state index in [1.807, 2.05) is 11.0 Å². The Morgan fingerprint density at radius 2 is 1.55 bits per heavy atom. The summed E-state index contributed by atoms with van der Waals surface area (Å²) in [6, 6.07) is 8.85. The fraction of sp³-hybridized carbons (Fsp3) is 0.586. The first-order valence-corrected chi connectivity index (χ1v) is 14.0. The van der Waals surface area contributed by atoms with Crippen molar-refractivity contribution in [1.82, 2.24) is 20.5 Å². The van der Waals surface area contributed by atoms with Crippen LogP contribution in [0.25, 0.3) is 0 Å². The molecule has 0 aliphatic heterocycles. The van der Waals surface area contributed by atoms with E-state index in [0.717, 1.165) is 51.6 Å². The Bertz CT molecular complexity index is 1040. The first-order chi connectivity index (χ1) is 18.3. The zero-order chi connectivity index (χ0) is 27.9. The first-order valence-electron chi connectivity index (χ1n) is 14.0. The van der Waals surface area contributed by atoms with Gasteiger partial charge in [-0.3, -0.25) is 14.6 Å². The van der Waals surface area contributed by atoms with Gasteiger partial charge in [-0.1, -0.05) is 52.7 Å². The summed E-state index contributed by atoms with van der Waals surface area (Å²) in [5.74, 6) is -0.453. The smallest absolute Gasteiger partial charge is 0.256 e. The Hall–Kier alpha value is -3.04. The van der Waals surface area contributed by atoms with Crippen LogP contribution in [0.15, 0.2) is 45.4 Å². The molecule has 38 heavy (non-hydrogen) atoms. The van der Waals surface area contributed by atoms with E-state index in [1.165, 1.54) is 6.07 Å². The van der Waals surface area contributed by atoms with Gasteiger partial charge >= 0.3 is 0 Å². The monoisotopic (exact) mass is 526 g/mol. The van der Waals surface area contributed by atoms with Crippen molar-refractivity contribution in [2.75, 3.05) is 26.2 Å². The summed E-state index contributed by atoms with van der Waals surface area (Å²) in [6.07, 6.45) is 6.27. The number of aromatic nitrogens is 1. The van der Waals surface area contributed by atoms with Crippen LogP contribution >= 0.6 is 0 Å². The Morgan fingerprint density at radius 1 is 0.974 bits per heavy atom. The van der Waals surface area contributed by atoms with Crippen LogP contribution in [-0.2, 0) is 0 Å². The van der Waals surface area contributed by atoms with Crippen molar-refractivity contribution in [1.29, 1.82) is 0 Å². The number of carbonyl (C=O) groups excluding carboxylic acids is 1. The van der Waals surface area contributed by atoms with Gasteiger partial charge in [0.25, 0.3) is 11.5 Å². The van der Waals surface area contributed by atoms with Crippen molar-refractivity contribution in [3.05, 3.63) is 51.8 Å². The van der Waals surface area contributed by atoms with E-state index in [9.17, 15) is 14.7 Å². The minimum Gasteiger partial charge on any atom is -0.493 e. The van der Waals surface area contributed by atoms with E-state index in [1.54, 1.807) is 25.1 Å². The lowest BCUT2D eigenvalue weighted by atomic mass is 10.1. The fourth-order valence-corrected chi connectivity index (χ4v) is 4.22. The number of nitrogens with zero attached hydrogens (tertiary/aromatic N) is 3. The number of carbonyl (C=O) groups is 1. The van der Waals surface area contributed by atoms with Gasteiger partial charge in [0.05, 0.1) is 11.3 Å². The molecule has 9 heteroatoms. The van der Waals surface area contributed by atoms with Gasteiger partial charge in [0.1, 0.15) is 5.69 Å². The van der Waals surface area contributed by atoms with E-state index in [4.69, 9.17) is 0 Å². The summed E-state index contributed by atoms with van der Waals surface area (Å²) < 4.78 is 0. The number of aromatic amines is 1. The highest BCUT2D eigenvalue weighted by Crippen LogP contribution is 2.29. The maximum atomic E-state index is 14.0. The first kappa shape index (κ1) is 31.2. The molecule has 4 N–H and O–H groups in total. The number of H-pyrrole nitrogens is 1. The van der Waals surface area contributed by atoms with Crippen LogP contribution in [0.5, 0.6) is 5.88 Å². The number of unbranched alkanes of at least 4 members (excludes halogenated alkanes) is 2. The van der Waals surface area contributed by atoms with E-state index in [0.29, 0.717) is 29.9 Å². The van der Waals surface area contributed by atoms with Gasteiger partial charge in [-0.2, -0.15) is 0 Å². The molecule has 210 valence electrons. The van der Waals surface area contributed by atoms with Crippen molar-refractivity contribution in [3.63, 3.8) is 0 Å². The van der Waals surface area contributed by atoms with Crippen molar-refractivity contribution in [2.45, 2.75) is 85.2 Å². The Labute approximate surface area is 227 Å². The number of benzene rings is 1. The van der Waals surface area contributed by atoms with Gasteiger partial charge < -0.3 is 20.6 Å². The molecule has 1 amide bonds. The molecule has 1 aromatic carbocycles. The number of hydrogen-bond donors (Lipinski definition) is 4. The molecule has 0 saturated heterocycles. The molecule has 0 spiro atoms. The molecule has 9 nitrogen and oxygen atoms in total. The Kier molecular flexibility index (Phi) is 13.7. The maximum absolute atomic E-state index is 14.0. The molecule has 2 aromatic rings. The summed E-state index contributed by atoms with van der Waals surface area (Å²) in [6.45, 7) is 13.3. The second kappa shape index (κ2) is 16.7. The van der Waals surface area contributed by atoms with Crippen LogP contribution < -0.4 is 16.2 Å². The molecule has 0 saturated carbocycles. The third kappa shape index (κ3) is 9.68. The third-order valence-corrected chi connectivity index (χ3v) is 6.66. The highest BCUT2D eigenvalue weighted by Gasteiger charge is 2.24. The van der Waals surface area contributed by atoms with Crippen LogP contribution in [0.1, 0.15) is 82.1 Å². The average molecular weight is 527 g/mol. The largest absolute Gasteiger partial charge is 0.493 e.